The van der Waals surface area contributed by atoms with Crippen LogP contribution < -0.4 is 5.32 Å². The van der Waals surface area contributed by atoms with Gasteiger partial charge in [-0.1, -0.05) is 12.1 Å². The van der Waals surface area contributed by atoms with Crippen LogP contribution in [0, 0.1) is 5.82 Å². The van der Waals surface area contributed by atoms with E-state index in [1.165, 1.54) is 34.4 Å². The van der Waals surface area contributed by atoms with Crippen molar-refractivity contribution in [3.8, 4) is 10.4 Å². The number of rotatable bonds is 7. The molecule has 0 unspecified atom stereocenters. The van der Waals surface area contributed by atoms with Crippen molar-refractivity contribution in [1.82, 2.24) is 10.2 Å². The molecule has 6 heteroatoms. The zero-order valence-corrected chi connectivity index (χ0v) is 15.1. The van der Waals surface area contributed by atoms with E-state index in [0.29, 0.717) is 13.1 Å². The van der Waals surface area contributed by atoms with Crippen molar-refractivity contribution in [2.45, 2.75) is 13.8 Å². The number of hydrogen-bond donors (Lipinski definition) is 1. The molecule has 0 spiro atoms. The monoisotopic (exact) mass is 360 g/mol. The van der Waals surface area contributed by atoms with Crippen molar-refractivity contribution >= 4 is 29.2 Å². The predicted molar refractivity (Wildman–Crippen MR) is 99.7 cm³/mol. The van der Waals surface area contributed by atoms with E-state index in [2.05, 4.69) is 5.32 Å². The van der Waals surface area contributed by atoms with Crippen LogP contribution in [0.2, 0.25) is 0 Å². The largest absolute Gasteiger partial charge is 0.355 e. The lowest BCUT2D eigenvalue weighted by Crippen LogP contribution is -2.39. The number of amides is 2. The molecule has 0 saturated heterocycles. The third-order valence-electron chi connectivity index (χ3n) is 3.55. The van der Waals surface area contributed by atoms with Crippen molar-refractivity contribution in [3.63, 3.8) is 0 Å². The Bertz CT molecular complexity index is 753. The summed E-state index contributed by atoms with van der Waals surface area (Å²) < 4.78 is 13.0. The first kappa shape index (κ1) is 18.9. The smallest absolute Gasteiger partial charge is 0.247 e. The number of hydrogen-bond acceptors (Lipinski definition) is 3. The average Bonchev–Trinajstić information content (AvgIpc) is 3.07. The van der Waals surface area contributed by atoms with Crippen LogP contribution in [0.4, 0.5) is 4.39 Å². The van der Waals surface area contributed by atoms with Gasteiger partial charge in [0.25, 0.3) is 0 Å². The predicted octanol–water partition coefficient (Wildman–Crippen LogP) is 3.55. The fourth-order valence-corrected chi connectivity index (χ4v) is 3.16. The third-order valence-corrected chi connectivity index (χ3v) is 4.65. The molecule has 0 aliphatic heterocycles. The molecular weight excluding hydrogens is 339 g/mol. The average molecular weight is 360 g/mol. The van der Waals surface area contributed by atoms with Gasteiger partial charge in [-0.3, -0.25) is 9.59 Å². The summed E-state index contributed by atoms with van der Waals surface area (Å²) in [5.41, 5.74) is 0.934. The van der Waals surface area contributed by atoms with Crippen LogP contribution in [0.25, 0.3) is 16.5 Å². The van der Waals surface area contributed by atoms with Gasteiger partial charge in [-0.25, -0.2) is 4.39 Å². The number of likely N-dealkylation sites (N-methyl/N-ethyl adjacent to an activating group) is 2. The van der Waals surface area contributed by atoms with Crippen molar-refractivity contribution in [2.24, 2.45) is 0 Å². The highest BCUT2D eigenvalue weighted by Gasteiger charge is 2.12. The highest BCUT2D eigenvalue weighted by molar-refractivity contribution is 7.16. The van der Waals surface area contributed by atoms with Gasteiger partial charge in [0.05, 0.1) is 6.54 Å². The number of carbonyl (C=O) groups excluding carboxylic acids is 2. The van der Waals surface area contributed by atoms with Gasteiger partial charge < -0.3 is 10.2 Å². The molecule has 2 amide bonds. The Hall–Kier alpha value is -2.47. The number of nitrogens with one attached hydrogen (secondary N) is 1. The quantitative estimate of drug-likeness (QED) is 0.768. The minimum absolute atomic E-state index is 0.0543. The maximum atomic E-state index is 13.0. The summed E-state index contributed by atoms with van der Waals surface area (Å²) in [6.45, 7) is 4.74. The summed E-state index contributed by atoms with van der Waals surface area (Å²) in [4.78, 5) is 27.2. The summed E-state index contributed by atoms with van der Waals surface area (Å²) in [7, 11) is 0. The maximum Gasteiger partial charge on any atom is 0.247 e. The molecule has 4 nitrogen and oxygen atoms in total. The molecule has 0 atom stereocenters. The molecule has 0 aliphatic rings. The lowest BCUT2D eigenvalue weighted by molar-refractivity contribution is -0.132. The van der Waals surface area contributed by atoms with E-state index in [-0.39, 0.29) is 24.2 Å². The number of nitrogens with zero attached hydrogens (tertiary/aromatic N) is 1. The lowest BCUT2D eigenvalue weighted by atomic mass is 10.2. The van der Waals surface area contributed by atoms with Crippen LogP contribution in [-0.2, 0) is 9.59 Å². The Labute approximate surface area is 151 Å². The van der Waals surface area contributed by atoms with E-state index >= 15 is 0 Å². The molecule has 0 aliphatic carbocycles. The van der Waals surface area contributed by atoms with Gasteiger partial charge in [-0.2, -0.15) is 0 Å². The van der Waals surface area contributed by atoms with E-state index in [1.54, 1.807) is 18.2 Å². The van der Waals surface area contributed by atoms with Gasteiger partial charge in [0.1, 0.15) is 5.82 Å². The molecule has 132 valence electrons. The Balaban J connectivity index is 2.02. The van der Waals surface area contributed by atoms with E-state index in [4.69, 9.17) is 0 Å². The fourth-order valence-electron chi connectivity index (χ4n) is 2.24. The zero-order valence-electron chi connectivity index (χ0n) is 14.3. The van der Waals surface area contributed by atoms with Crippen molar-refractivity contribution in [3.05, 3.63) is 53.2 Å². The molecule has 0 fully saturated rings. The van der Waals surface area contributed by atoms with Crippen molar-refractivity contribution in [1.29, 1.82) is 0 Å². The number of thiophene rings is 1. The van der Waals surface area contributed by atoms with Gasteiger partial charge >= 0.3 is 0 Å². The first-order valence-corrected chi connectivity index (χ1v) is 8.94. The number of benzene rings is 1. The van der Waals surface area contributed by atoms with Crippen LogP contribution in [0.3, 0.4) is 0 Å². The molecule has 0 bridgehead atoms. The van der Waals surface area contributed by atoms with Crippen LogP contribution in [0.5, 0.6) is 0 Å². The van der Waals surface area contributed by atoms with Crippen LogP contribution in [0.1, 0.15) is 18.7 Å². The molecule has 1 aromatic carbocycles. The first-order valence-electron chi connectivity index (χ1n) is 8.13. The second kappa shape index (κ2) is 9.13. The van der Waals surface area contributed by atoms with Crippen molar-refractivity contribution in [2.75, 3.05) is 19.6 Å². The first-order chi connectivity index (χ1) is 12.0. The second-order valence-corrected chi connectivity index (χ2v) is 6.46. The van der Waals surface area contributed by atoms with Gasteiger partial charge in [0.2, 0.25) is 11.8 Å². The maximum absolute atomic E-state index is 13.0. The minimum Gasteiger partial charge on any atom is -0.355 e. The van der Waals surface area contributed by atoms with Gasteiger partial charge in [0.15, 0.2) is 0 Å². The highest BCUT2D eigenvalue weighted by Crippen LogP contribution is 2.28. The van der Waals surface area contributed by atoms with Gasteiger partial charge in [-0.05, 0) is 49.8 Å². The van der Waals surface area contributed by atoms with E-state index in [1.807, 2.05) is 26.0 Å². The second-order valence-electron chi connectivity index (χ2n) is 5.35. The molecule has 1 N–H and O–H groups in total. The molecule has 2 aromatic rings. The molecule has 1 heterocycles. The fraction of sp³-hybridized carbons (Fsp3) is 0.263. The Morgan fingerprint density at radius 2 is 1.88 bits per heavy atom. The Kier molecular flexibility index (Phi) is 6.89. The summed E-state index contributed by atoms with van der Waals surface area (Å²) in [6.07, 6.45) is 3.21. The molecule has 0 radical (unpaired) electrons. The topological polar surface area (TPSA) is 49.4 Å². The van der Waals surface area contributed by atoms with Crippen LogP contribution in [0.15, 0.2) is 42.5 Å². The normalized spacial score (nSPS) is 10.8. The van der Waals surface area contributed by atoms with Crippen molar-refractivity contribution < 1.29 is 14.0 Å². The Morgan fingerprint density at radius 3 is 2.52 bits per heavy atom. The molecule has 1 aromatic heterocycles. The van der Waals surface area contributed by atoms with Gasteiger partial charge in [-0.15, -0.1) is 11.3 Å². The third kappa shape index (κ3) is 5.53. The minimum atomic E-state index is -0.266. The van der Waals surface area contributed by atoms with Crippen LogP contribution in [-0.4, -0.2) is 36.3 Å². The molecule has 0 saturated carbocycles. The number of halogens is 1. The Morgan fingerprint density at radius 1 is 1.16 bits per heavy atom. The summed E-state index contributed by atoms with van der Waals surface area (Å²) in [5, 5.41) is 2.68. The SMILES string of the molecule is CCNC(=O)CN(CC)C(=O)/C=C/c1ccc(-c2ccc(F)cc2)s1. The summed E-state index contributed by atoms with van der Waals surface area (Å²) in [6, 6.07) is 10.2. The van der Waals surface area contributed by atoms with Gasteiger partial charge in [0, 0.05) is 28.9 Å². The van der Waals surface area contributed by atoms with E-state index in [9.17, 15) is 14.0 Å². The number of carbonyl (C=O) groups is 2. The standard InChI is InChI=1S/C19H21FN2O2S/c1-3-21-18(23)13-22(4-2)19(24)12-10-16-9-11-17(25-16)14-5-7-15(20)8-6-14/h5-12H,3-4,13H2,1-2H3,(H,21,23)/b12-10+. The molecular formula is C19H21FN2O2S. The highest BCUT2D eigenvalue weighted by atomic mass is 32.1. The molecule has 2 rings (SSSR count). The molecule has 25 heavy (non-hydrogen) atoms. The van der Waals surface area contributed by atoms with E-state index in [0.717, 1.165) is 15.3 Å². The zero-order chi connectivity index (χ0) is 18.2. The summed E-state index contributed by atoms with van der Waals surface area (Å²) in [5.74, 6) is -0.635. The summed E-state index contributed by atoms with van der Waals surface area (Å²) >= 11 is 1.52. The van der Waals surface area contributed by atoms with Crippen LogP contribution >= 0.6 is 11.3 Å². The van der Waals surface area contributed by atoms with E-state index < -0.39 is 0 Å². The lowest BCUT2D eigenvalue weighted by Gasteiger charge is -2.18.